The number of amides is 2. The molecule has 4 nitrogen and oxygen atoms in total. The fourth-order valence-corrected chi connectivity index (χ4v) is 1.99. The normalized spacial score (nSPS) is 20.0. The van der Waals surface area contributed by atoms with E-state index in [9.17, 15) is 9.90 Å². The molecule has 1 rings (SSSR count). The predicted molar refractivity (Wildman–Crippen MR) is 59.7 cm³/mol. The molecule has 0 aromatic rings. The van der Waals surface area contributed by atoms with Gasteiger partial charge in [0.2, 0.25) is 0 Å². The minimum Gasteiger partial charge on any atom is -0.394 e. The van der Waals surface area contributed by atoms with Crippen LogP contribution in [0.5, 0.6) is 0 Å². The number of hydrogen-bond acceptors (Lipinski definition) is 2. The van der Waals surface area contributed by atoms with Crippen LogP contribution in [-0.4, -0.2) is 28.8 Å². The molecule has 1 fully saturated rings. The highest BCUT2D eigenvalue weighted by Gasteiger charge is 2.35. The average Bonchev–Trinajstić information content (AvgIpc) is 2.50. The quantitative estimate of drug-likeness (QED) is 0.650. The maximum Gasteiger partial charge on any atom is 0.315 e. The topological polar surface area (TPSA) is 61.4 Å². The molecule has 88 valence electrons. The van der Waals surface area contributed by atoms with Gasteiger partial charge in [-0.3, -0.25) is 0 Å². The number of aliphatic hydroxyl groups excluding tert-OH is 1. The van der Waals surface area contributed by atoms with Gasteiger partial charge < -0.3 is 15.7 Å². The Hall–Kier alpha value is -0.770. The molecule has 15 heavy (non-hydrogen) atoms. The average molecular weight is 214 g/mol. The lowest BCUT2D eigenvalue weighted by Gasteiger charge is -2.30. The van der Waals surface area contributed by atoms with Crippen molar-refractivity contribution in [3.63, 3.8) is 0 Å². The van der Waals surface area contributed by atoms with Crippen molar-refractivity contribution in [1.29, 1.82) is 0 Å². The van der Waals surface area contributed by atoms with Crippen LogP contribution in [0.15, 0.2) is 0 Å². The lowest BCUT2D eigenvalue weighted by molar-refractivity contribution is 0.160. The molecule has 1 aliphatic rings. The lowest BCUT2D eigenvalue weighted by atomic mass is 9.99. The van der Waals surface area contributed by atoms with Crippen LogP contribution in [0.3, 0.4) is 0 Å². The smallest absolute Gasteiger partial charge is 0.315 e. The van der Waals surface area contributed by atoms with Crippen LogP contribution in [0, 0.1) is 0 Å². The summed E-state index contributed by atoms with van der Waals surface area (Å²) < 4.78 is 0. The molecular weight excluding hydrogens is 192 g/mol. The molecule has 0 radical (unpaired) electrons. The van der Waals surface area contributed by atoms with E-state index < -0.39 is 0 Å². The van der Waals surface area contributed by atoms with E-state index in [0.29, 0.717) is 0 Å². The number of carbonyl (C=O) groups is 1. The molecule has 0 unspecified atom stereocenters. The first kappa shape index (κ1) is 12.3. The molecule has 1 saturated carbocycles. The molecule has 4 heteroatoms. The second kappa shape index (κ2) is 4.39. The zero-order valence-corrected chi connectivity index (χ0v) is 9.89. The SMILES string of the molecule is CC(C)(C)NC(=O)NC1(CO)CCCC1. The predicted octanol–water partition coefficient (Wildman–Crippen LogP) is 1.39. The number of rotatable bonds is 2. The maximum atomic E-state index is 11.6. The summed E-state index contributed by atoms with van der Waals surface area (Å²) in [6.45, 7) is 5.84. The molecule has 1 aliphatic carbocycles. The fraction of sp³-hybridized carbons (Fsp3) is 0.909. The summed E-state index contributed by atoms with van der Waals surface area (Å²) in [6.07, 6.45) is 3.91. The van der Waals surface area contributed by atoms with Crippen molar-refractivity contribution in [3.8, 4) is 0 Å². The van der Waals surface area contributed by atoms with E-state index in [-0.39, 0.29) is 23.7 Å². The molecule has 3 N–H and O–H groups in total. The molecule has 0 bridgehead atoms. The minimum atomic E-state index is -0.380. The van der Waals surface area contributed by atoms with E-state index in [0.717, 1.165) is 25.7 Å². The van der Waals surface area contributed by atoms with Gasteiger partial charge in [-0.25, -0.2) is 4.79 Å². The zero-order chi connectivity index (χ0) is 11.5. The van der Waals surface area contributed by atoms with E-state index >= 15 is 0 Å². The van der Waals surface area contributed by atoms with Gasteiger partial charge in [-0.1, -0.05) is 12.8 Å². The fourth-order valence-electron chi connectivity index (χ4n) is 1.99. The van der Waals surface area contributed by atoms with Gasteiger partial charge in [-0.05, 0) is 33.6 Å². The highest BCUT2D eigenvalue weighted by Crippen LogP contribution is 2.28. The number of aliphatic hydroxyl groups is 1. The van der Waals surface area contributed by atoms with Crippen molar-refractivity contribution in [2.75, 3.05) is 6.61 Å². The molecule has 0 aliphatic heterocycles. The standard InChI is InChI=1S/C11H22N2O2/c1-10(2,3)12-9(15)13-11(8-14)6-4-5-7-11/h14H,4-8H2,1-3H3,(H2,12,13,15). The molecule has 0 aromatic carbocycles. The van der Waals surface area contributed by atoms with Gasteiger partial charge in [0.05, 0.1) is 12.1 Å². The van der Waals surface area contributed by atoms with E-state index in [1.54, 1.807) is 0 Å². The number of carbonyl (C=O) groups excluding carboxylic acids is 1. The summed E-state index contributed by atoms with van der Waals surface area (Å²) in [6, 6.07) is -0.182. The Labute approximate surface area is 91.4 Å². The first-order chi connectivity index (χ1) is 6.87. The molecule has 0 aromatic heterocycles. The van der Waals surface area contributed by atoms with Gasteiger partial charge in [-0.15, -0.1) is 0 Å². The van der Waals surface area contributed by atoms with Crippen molar-refractivity contribution >= 4 is 6.03 Å². The molecule has 2 amide bonds. The third kappa shape index (κ3) is 3.70. The zero-order valence-electron chi connectivity index (χ0n) is 9.89. The van der Waals surface area contributed by atoms with Crippen molar-refractivity contribution in [1.82, 2.24) is 10.6 Å². The van der Waals surface area contributed by atoms with Crippen LogP contribution in [0.4, 0.5) is 4.79 Å². The van der Waals surface area contributed by atoms with E-state index in [2.05, 4.69) is 10.6 Å². The van der Waals surface area contributed by atoms with Crippen LogP contribution < -0.4 is 10.6 Å². The van der Waals surface area contributed by atoms with Crippen molar-refractivity contribution < 1.29 is 9.90 Å². The summed E-state index contributed by atoms with van der Waals surface area (Å²) in [5.41, 5.74) is -0.616. The van der Waals surface area contributed by atoms with Gasteiger partial charge in [0.15, 0.2) is 0 Å². The maximum absolute atomic E-state index is 11.6. The van der Waals surface area contributed by atoms with E-state index in [1.807, 2.05) is 20.8 Å². The van der Waals surface area contributed by atoms with Crippen LogP contribution >= 0.6 is 0 Å². The van der Waals surface area contributed by atoms with Gasteiger partial charge in [-0.2, -0.15) is 0 Å². The highest BCUT2D eigenvalue weighted by atomic mass is 16.3. The second-order valence-electron chi connectivity index (χ2n) is 5.47. The summed E-state index contributed by atoms with van der Waals surface area (Å²) in [5.74, 6) is 0. The van der Waals surface area contributed by atoms with Gasteiger partial charge in [0.1, 0.15) is 0 Å². The van der Waals surface area contributed by atoms with Gasteiger partial charge in [0.25, 0.3) is 0 Å². The number of hydrogen-bond donors (Lipinski definition) is 3. The van der Waals surface area contributed by atoms with Gasteiger partial charge >= 0.3 is 6.03 Å². The first-order valence-corrected chi connectivity index (χ1v) is 5.58. The summed E-state index contributed by atoms with van der Waals surface area (Å²) in [4.78, 5) is 11.6. The Bertz CT molecular complexity index is 227. The monoisotopic (exact) mass is 214 g/mol. The third-order valence-electron chi connectivity index (χ3n) is 2.73. The van der Waals surface area contributed by atoms with Crippen LogP contribution in [0.25, 0.3) is 0 Å². The number of nitrogens with one attached hydrogen (secondary N) is 2. The van der Waals surface area contributed by atoms with E-state index in [1.165, 1.54) is 0 Å². The highest BCUT2D eigenvalue weighted by molar-refractivity contribution is 5.75. The Morgan fingerprint density at radius 2 is 1.87 bits per heavy atom. The molecule has 0 saturated heterocycles. The largest absolute Gasteiger partial charge is 0.394 e. The van der Waals surface area contributed by atoms with Crippen molar-refractivity contribution in [2.24, 2.45) is 0 Å². The number of urea groups is 1. The van der Waals surface area contributed by atoms with Crippen LogP contribution in [0.1, 0.15) is 46.5 Å². The molecule has 0 spiro atoms. The minimum absolute atomic E-state index is 0.0323. The van der Waals surface area contributed by atoms with Gasteiger partial charge in [0, 0.05) is 5.54 Å². The van der Waals surface area contributed by atoms with E-state index in [4.69, 9.17) is 0 Å². The molecular formula is C11H22N2O2. The molecule has 0 heterocycles. The second-order valence-corrected chi connectivity index (χ2v) is 5.47. The molecule has 0 atom stereocenters. The van der Waals surface area contributed by atoms with Crippen LogP contribution in [0.2, 0.25) is 0 Å². The third-order valence-corrected chi connectivity index (χ3v) is 2.73. The Balaban J connectivity index is 2.49. The Kier molecular flexibility index (Phi) is 3.60. The summed E-state index contributed by atoms with van der Waals surface area (Å²) in [7, 11) is 0. The lowest BCUT2D eigenvalue weighted by Crippen LogP contribution is -2.56. The van der Waals surface area contributed by atoms with Crippen molar-refractivity contribution in [3.05, 3.63) is 0 Å². The Morgan fingerprint density at radius 1 is 1.33 bits per heavy atom. The summed E-state index contributed by atoms with van der Waals surface area (Å²) >= 11 is 0. The van der Waals surface area contributed by atoms with Crippen molar-refractivity contribution in [2.45, 2.75) is 57.5 Å². The van der Waals surface area contributed by atoms with Crippen LogP contribution in [-0.2, 0) is 0 Å². The Morgan fingerprint density at radius 3 is 2.27 bits per heavy atom. The summed E-state index contributed by atoms with van der Waals surface area (Å²) in [5, 5.41) is 15.1. The first-order valence-electron chi connectivity index (χ1n) is 5.58.